The van der Waals surface area contributed by atoms with Gasteiger partial charge in [-0.25, -0.2) is 9.59 Å². The number of esters is 1. The Morgan fingerprint density at radius 2 is 1.94 bits per heavy atom. The van der Waals surface area contributed by atoms with Gasteiger partial charge in [-0.05, 0) is 51.5 Å². The van der Waals surface area contributed by atoms with Crippen LogP contribution in [-0.2, 0) is 4.74 Å². The molecule has 10 nitrogen and oxygen atoms in total. The fourth-order valence-corrected chi connectivity index (χ4v) is 4.12. The van der Waals surface area contributed by atoms with Crippen molar-refractivity contribution in [3.8, 4) is 5.75 Å². The molecule has 1 aliphatic heterocycles. The van der Waals surface area contributed by atoms with Crippen LogP contribution in [0.4, 0.5) is 10.5 Å². The van der Waals surface area contributed by atoms with Gasteiger partial charge in [0.15, 0.2) is 5.78 Å². The number of ether oxygens (including phenoxy) is 1. The van der Waals surface area contributed by atoms with E-state index in [0.717, 1.165) is 0 Å². The molecule has 0 aromatic heterocycles. The van der Waals surface area contributed by atoms with Crippen molar-refractivity contribution in [2.24, 2.45) is 0 Å². The largest absolute Gasteiger partial charge is 0.507 e. The Labute approximate surface area is 203 Å². The molecule has 0 spiro atoms. The summed E-state index contributed by atoms with van der Waals surface area (Å²) in [5.74, 6) is -1.19. The van der Waals surface area contributed by atoms with Crippen LogP contribution in [0.2, 0.25) is 0 Å². The van der Waals surface area contributed by atoms with E-state index in [4.69, 9.17) is 4.74 Å². The average molecular weight is 486 g/mol. The predicted molar refractivity (Wildman–Crippen MR) is 129 cm³/mol. The topological polar surface area (TPSA) is 157 Å². The number of aliphatic hydroxyl groups excluding tert-OH is 1. The van der Waals surface area contributed by atoms with Crippen molar-refractivity contribution < 1.29 is 34.4 Å². The van der Waals surface area contributed by atoms with E-state index < -0.39 is 41.9 Å². The molecule has 0 bridgehead atoms. The molecule has 3 rings (SSSR count). The number of hydrogen-bond acceptors (Lipinski definition) is 8. The van der Waals surface area contributed by atoms with Gasteiger partial charge in [0.1, 0.15) is 29.6 Å². The molecule has 188 valence electrons. The van der Waals surface area contributed by atoms with E-state index in [-0.39, 0.29) is 23.6 Å². The number of aliphatic hydroxyl groups is 2. The van der Waals surface area contributed by atoms with Gasteiger partial charge in [-0.2, -0.15) is 0 Å². The molecular weight excluding hydrogens is 454 g/mol. The van der Waals surface area contributed by atoms with Crippen LogP contribution < -0.4 is 16.0 Å². The number of anilines is 1. The fourth-order valence-electron chi connectivity index (χ4n) is 4.12. The van der Waals surface area contributed by atoms with Crippen molar-refractivity contribution in [1.82, 2.24) is 10.6 Å². The second kappa shape index (κ2) is 9.93. The van der Waals surface area contributed by atoms with Crippen LogP contribution in [-0.4, -0.2) is 69.5 Å². The monoisotopic (exact) mass is 485 g/mol. The molecule has 1 heterocycles. The molecule has 0 aliphatic carbocycles. The minimum absolute atomic E-state index is 0.0312. The smallest absolute Gasteiger partial charge is 0.342 e. The molecule has 1 aliphatic rings. The highest BCUT2D eigenvalue weighted by atomic mass is 16.5. The highest BCUT2D eigenvalue weighted by Gasteiger charge is 2.57. The number of ketones is 1. The number of phenolic OH excluding ortho intramolecular Hbond substituents is 1. The standard InChI is InChI=1S/C25H31N3O7/c1-14-7-5-10-18(30)21(14)22(32)35-13-20(31)25(4,34)24(3)19(27-23(33)28-24)12-26-17-9-6-8-16(11-17)15(2)29/h5-11,19-20,26,30-31,34H,12-13H2,1-4H3,(H2,27,28,33). The number of aromatic hydroxyl groups is 1. The molecule has 1 saturated heterocycles. The minimum atomic E-state index is -1.94. The lowest BCUT2D eigenvalue weighted by atomic mass is 9.74. The van der Waals surface area contributed by atoms with Gasteiger partial charge in [0.25, 0.3) is 0 Å². The number of urea groups is 1. The van der Waals surface area contributed by atoms with Gasteiger partial charge in [0, 0.05) is 17.8 Å². The van der Waals surface area contributed by atoms with E-state index in [9.17, 15) is 29.7 Å². The normalized spacial score (nSPS) is 21.9. The van der Waals surface area contributed by atoms with Crippen LogP contribution in [0, 0.1) is 6.92 Å². The van der Waals surface area contributed by atoms with Crippen molar-refractivity contribution in [3.63, 3.8) is 0 Å². The second-order valence-electron chi connectivity index (χ2n) is 9.10. The van der Waals surface area contributed by atoms with Crippen molar-refractivity contribution >= 4 is 23.5 Å². The lowest BCUT2D eigenvalue weighted by Gasteiger charge is -2.45. The summed E-state index contributed by atoms with van der Waals surface area (Å²) in [6.45, 7) is 5.59. The van der Waals surface area contributed by atoms with Gasteiger partial charge in [-0.3, -0.25) is 4.79 Å². The van der Waals surface area contributed by atoms with Gasteiger partial charge in [-0.1, -0.05) is 24.3 Å². The van der Waals surface area contributed by atoms with Crippen LogP contribution in [0.25, 0.3) is 0 Å². The number of hydrogen-bond donors (Lipinski definition) is 6. The number of nitrogens with one attached hydrogen (secondary N) is 3. The maximum absolute atomic E-state index is 12.5. The van der Waals surface area contributed by atoms with Gasteiger partial charge < -0.3 is 36.0 Å². The van der Waals surface area contributed by atoms with Crippen molar-refractivity contribution in [2.75, 3.05) is 18.5 Å². The molecule has 4 unspecified atom stereocenters. The third kappa shape index (κ3) is 5.23. The van der Waals surface area contributed by atoms with Crippen LogP contribution in [0.1, 0.15) is 47.1 Å². The fraction of sp³-hybridized carbons (Fsp3) is 0.400. The van der Waals surface area contributed by atoms with E-state index >= 15 is 0 Å². The van der Waals surface area contributed by atoms with Crippen molar-refractivity contribution in [2.45, 2.75) is 51.0 Å². The maximum atomic E-state index is 12.5. The number of carbonyl (C=O) groups is 3. The number of phenols is 1. The first-order valence-electron chi connectivity index (χ1n) is 11.2. The van der Waals surface area contributed by atoms with E-state index in [1.54, 1.807) is 50.2 Å². The van der Waals surface area contributed by atoms with Crippen LogP contribution in [0.5, 0.6) is 5.75 Å². The molecule has 4 atom stereocenters. The molecule has 35 heavy (non-hydrogen) atoms. The summed E-state index contributed by atoms with van der Waals surface area (Å²) in [4.78, 5) is 36.3. The first-order valence-corrected chi connectivity index (χ1v) is 11.2. The lowest BCUT2D eigenvalue weighted by Crippen LogP contribution is -2.69. The number of amides is 2. The molecule has 2 amide bonds. The molecule has 10 heteroatoms. The Kier molecular flexibility index (Phi) is 7.37. The minimum Gasteiger partial charge on any atom is -0.507 e. The Morgan fingerprint density at radius 1 is 1.26 bits per heavy atom. The van der Waals surface area contributed by atoms with Crippen LogP contribution >= 0.6 is 0 Å². The first kappa shape index (κ1) is 26.0. The molecule has 2 aromatic carbocycles. The summed E-state index contributed by atoms with van der Waals surface area (Å²) in [5, 5.41) is 40.6. The van der Waals surface area contributed by atoms with E-state index in [1.165, 1.54) is 19.9 Å². The number of carbonyl (C=O) groups excluding carboxylic acids is 3. The molecule has 6 N–H and O–H groups in total. The summed E-state index contributed by atoms with van der Waals surface area (Å²) in [7, 11) is 0. The summed E-state index contributed by atoms with van der Waals surface area (Å²) in [6.07, 6.45) is -1.58. The van der Waals surface area contributed by atoms with Gasteiger partial charge in [-0.15, -0.1) is 0 Å². The Balaban J connectivity index is 1.72. The molecule has 0 saturated carbocycles. The third-order valence-corrected chi connectivity index (χ3v) is 6.68. The third-order valence-electron chi connectivity index (χ3n) is 6.68. The number of benzene rings is 2. The van der Waals surface area contributed by atoms with E-state index in [1.807, 2.05) is 0 Å². The summed E-state index contributed by atoms with van der Waals surface area (Å²) < 4.78 is 5.18. The van der Waals surface area contributed by atoms with Crippen LogP contribution in [0.3, 0.4) is 0 Å². The highest BCUT2D eigenvalue weighted by Crippen LogP contribution is 2.33. The Morgan fingerprint density at radius 3 is 2.60 bits per heavy atom. The first-order chi connectivity index (χ1) is 16.4. The zero-order chi connectivity index (χ0) is 26.0. The average Bonchev–Trinajstić information content (AvgIpc) is 3.10. The molecule has 0 radical (unpaired) electrons. The van der Waals surface area contributed by atoms with E-state index in [2.05, 4.69) is 16.0 Å². The Hall–Kier alpha value is -3.63. The highest BCUT2D eigenvalue weighted by molar-refractivity contribution is 5.95. The molecular formula is C25H31N3O7. The quantitative estimate of drug-likeness (QED) is 0.232. The zero-order valence-corrected chi connectivity index (χ0v) is 20.1. The van der Waals surface area contributed by atoms with Gasteiger partial charge in [0.05, 0.1) is 11.6 Å². The molecule has 2 aromatic rings. The van der Waals surface area contributed by atoms with E-state index in [0.29, 0.717) is 16.8 Å². The van der Waals surface area contributed by atoms with Crippen LogP contribution in [0.15, 0.2) is 42.5 Å². The lowest BCUT2D eigenvalue weighted by molar-refractivity contribution is -0.132. The summed E-state index contributed by atoms with van der Waals surface area (Å²) in [5.41, 5.74) is -1.67. The van der Waals surface area contributed by atoms with Crippen molar-refractivity contribution in [1.29, 1.82) is 0 Å². The SMILES string of the molecule is CC(=O)c1cccc(NCC2NC(=O)NC2(C)C(C)(O)C(O)COC(=O)c2c(C)cccc2O)c1. The number of Topliss-reactive ketones (excluding diaryl/α,β-unsaturated/α-hetero) is 1. The summed E-state index contributed by atoms with van der Waals surface area (Å²) >= 11 is 0. The number of rotatable bonds is 9. The zero-order valence-electron chi connectivity index (χ0n) is 20.1. The van der Waals surface area contributed by atoms with Gasteiger partial charge in [0.2, 0.25) is 0 Å². The second-order valence-corrected chi connectivity index (χ2v) is 9.10. The summed E-state index contributed by atoms with van der Waals surface area (Å²) in [6, 6.07) is 10.2. The van der Waals surface area contributed by atoms with Crippen molar-refractivity contribution in [3.05, 3.63) is 59.2 Å². The Bertz CT molecular complexity index is 1110. The number of aryl methyl sites for hydroxylation is 1. The predicted octanol–water partition coefficient (Wildman–Crippen LogP) is 1.72. The van der Waals surface area contributed by atoms with Gasteiger partial charge >= 0.3 is 12.0 Å². The maximum Gasteiger partial charge on any atom is 0.342 e. The molecule has 1 fully saturated rings.